The molecule has 0 spiro atoms. The Morgan fingerprint density at radius 3 is 1.01 bits per heavy atom. The Kier molecular flexibility index (Phi) is 53.2. The van der Waals surface area contributed by atoms with E-state index in [-0.39, 0.29) is 25.9 Å². The average molecular weight is 1040 g/mol. The van der Waals surface area contributed by atoms with Crippen molar-refractivity contribution in [1.82, 2.24) is 0 Å². The molecule has 3 atom stereocenters. The number of ether oxygens (including phenoxy) is 3. The largest absolute Gasteiger partial charge is 0.756 e. The molecule has 0 amide bonds. The van der Waals surface area contributed by atoms with Crippen LogP contribution in [0.25, 0.3) is 0 Å². The second-order valence-corrected chi connectivity index (χ2v) is 21.6. The number of esters is 3. The van der Waals surface area contributed by atoms with Gasteiger partial charge in [0.05, 0.1) is 13.2 Å². The quantitative estimate of drug-likeness (QED) is 0.0203. The molecule has 0 aliphatic rings. The van der Waals surface area contributed by atoms with E-state index in [4.69, 9.17) is 23.3 Å². The highest BCUT2D eigenvalue weighted by Gasteiger charge is 2.22. The lowest BCUT2D eigenvalue weighted by atomic mass is 10.1. The van der Waals surface area contributed by atoms with Gasteiger partial charge in [0.15, 0.2) is 6.10 Å². The first kappa shape index (κ1) is 69.7. The van der Waals surface area contributed by atoms with E-state index in [9.17, 15) is 28.9 Å². The van der Waals surface area contributed by atoms with E-state index in [2.05, 4.69) is 57.2 Å². The van der Waals surface area contributed by atoms with E-state index >= 15 is 0 Å². The van der Waals surface area contributed by atoms with E-state index in [1.807, 2.05) is 0 Å². The molecule has 11 nitrogen and oxygen atoms in total. The highest BCUT2D eigenvalue weighted by Crippen LogP contribution is 2.38. The van der Waals surface area contributed by atoms with Crippen LogP contribution in [-0.4, -0.2) is 61.6 Å². The number of phosphoric ester groups is 1. The molecule has 0 heterocycles. The van der Waals surface area contributed by atoms with Crippen molar-refractivity contribution in [3.63, 3.8) is 0 Å². The Morgan fingerprint density at radius 1 is 0.389 bits per heavy atom. The Morgan fingerprint density at radius 2 is 0.667 bits per heavy atom. The third kappa shape index (κ3) is 54.0. The number of phosphoric acid groups is 1. The number of carbonyl (C=O) groups is 3. The molecule has 0 bridgehead atoms. The van der Waals surface area contributed by atoms with E-state index in [1.54, 1.807) is 0 Å². The molecule has 0 fully saturated rings. The zero-order valence-electron chi connectivity index (χ0n) is 46.6. The summed E-state index contributed by atoms with van der Waals surface area (Å²) in [5.74, 6) is -1.45. The van der Waals surface area contributed by atoms with Crippen molar-refractivity contribution in [1.29, 1.82) is 0 Å². The summed E-state index contributed by atoms with van der Waals surface area (Å²) in [6.07, 6.45) is 56.4. The minimum atomic E-state index is -4.98. The van der Waals surface area contributed by atoms with Crippen molar-refractivity contribution in [2.75, 3.05) is 26.4 Å². The SMILES string of the molecule is CCCCCCCC/C=C\CCCCCCCC(=O)OC[C@H](O)COP(=O)([O-])OC[C@@H](COC(=O)CCCCCCC/C=C\CCCCCCCC)OC(=O)CCCCCCC/C=C\CCCCCCCC. The van der Waals surface area contributed by atoms with Crippen LogP contribution in [0, 0.1) is 0 Å². The average Bonchev–Trinajstić information content (AvgIpc) is 3.37. The monoisotopic (exact) mass is 1040 g/mol. The summed E-state index contributed by atoms with van der Waals surface area (Å²) in [5, 5.41) is 10.3. The van der Waals surface area contributed by atoms with Crippen molar-refractivity contribution in [3.05, 3.63) is 36.5 Å². The Balaban J connectivity index is 4.60. The summed E-state index contributed by atoms with van der Waals surface area (Å²) in [6, 6.07) is 0. The van der Waals surface area contributed by atoms with Crippen LogP contribution in [0.1, 0.15) is 290 Å². The number of aliphatic hydroxyl groups is 1. The summed E-state index contributed by atoms with van der Waals surface area (Å²) in [5.41, 5.74) is 0. The topological polar surface area (TPSA) is 158 Å². The van der Waals surface area contributed by atoms with Gasteiger partial charge in [-0.15, -0.1) is 0 Å². The van der Waals surface area contributed by atoms with Crippen LogP contribution < -0.4 is 4.89 Å². The second kappa shape index (κ2) is 54.9. The lowest BCUT2D eigenvalue weighted by Crippen LogP contribution is -2.31. The molecule has 12 heteroatoms. The molecular weight excluding hydrogens is 928 g/mol. The fourth-order valence-electron chi connectivity index (χ4n) is 8.34. The predicted molar refractivity (Wildman–Crippen MR) is 296 cm³/mol. The lowest BCUT2D eigenvalue weighted by Gasteiger charge is -2.26. The van der Waals surface area contributed by atoms with Crippen LogP contribution in [0.2, 0.25) is 0 Å². The van der Waals surface area contributed by atoms with Gasteiger partial charge in [-0.1, -0.05) is 211 Å². The third-order valence-corrected chi connectivity index (χ3v) is 13.9. The van der Waals surface area contributed by atoms with E-state index in [1.165, 1.54) is 116 Å². The number of aliphatic hydroxyl groups excluding tert-OH is 1. The van der Waals surface area contributed by atoms with Crippen molar-refractivity contribution in [2.45, 2.75) is 303 Å². The minimum absolute atomic E-state index is 0.144. The van der Waals surface area contributed by atoms with Crippen LogP contribution in [0.4, 0.5) is 0 Å². The fraction of sp³-hybridized carbons (Fsp3) is 0.850. The highest BCUT2D eigenvalue weighted by atomic mass is 31.2. The van der Waals surface area contributed by atoms with Gasteiger partial charge in [-0.3, -0.25) is 18.9 Å². The van der Waals surface area contributed by atoms with Crippen LogP contribution in [0.5, 0.6) is 0 Å². The van der Waals surface area contributed by atoms with Crippen LogP contribution >= 0.6 is 7.82 Å². The normalized spacial score (nSPS) is 13.6. The van der Waals surface area contributed by atoms with Crippen LogP contribution in [0.3, 0.4) is 0 Å². The van der Waals surface area contributed by atoms with Crippen molar-refractivity contribution in [2.24, 2.45) is 0 Å². The first-order valence-electron chi connectivity index (χ1n) is 29.9. The second-order valence-electron chi connectivity index (χ2n) is 20.2. The molecule has 0 radical (unpaired) electrons. The molecular formula is C60H110O11P-. The van der Waals surface area contributed by atoms with Gasteiger partial charge in [0.1, 0.15) is 19.3 Å². The summed E-state index contributed by atoms with van der Waals surface area (Å²) in [7, 11) is -4.98. The zero-order chi connectivity index (χ0) is 52.7. The number of allylic oxidation sites excluding steroid dienone is 6. The predicted octanol–water partition coefficient (Wildman–Crippen LogP) is 17.0. The molecule has 72 heavy (non-hydrogen) atoms. The molecule has 422 valence electrons. The van der Waals surface area contributed by atoms with Gasteiger partial charge >= 0.3 is 17.9 Å². The lowest BCUT2D eigenvalue weighted by molar-refractivity contribution is -0.230. The Bertz CT molecular complexity index is 1350. The van der Waals surface area contributed by atoms with Gasteiger partial charge in [-0.05, 0) is 96.3 Å². The molecule has 0 saturated carbocycles. The number of hydrogen-bond donors (Lipinski definition) is 1. The summed E-state index contributed by atoms with van der Waals surface area (Å²) in [6.45, 7) is 4.62. The highest BCUT2D eigenvalue weighted by molar-refractivity contribution is 7.45. The van der Waals surface area contributed by atoms with Gasteiger partial charge in [-0.25, -0.2) is 0 Å². The maximum atomic E-state index is 12.8. The maximum absolute atomic E-state index is 12.8. The summed E-state index contributed by atoms with van der Waals surface area (Å²) in [4.78, 5) is 50.4. The minimum Gasteiger partial charge on any atom is -0.756 e. The van der Waals surface area contributed by atoms with Crippen LogP contribution in [-0.2, 0) is 42.2 Å². The molecule has 1 unspecified atom stereocenters. The van der Waals surface area contributed by atoms with Crippen LogP contribution in [0.15, 0.2) is 36.5 Å². The Labute approximate surface area is 441 Å². The molecule has 0 aromatic heterocycles. The fourth-order valence-corrected chi connectivity index (χ4v) is 9.12. The van der Waals surface area contributed by atoms with Crippen molar-refractivity contribution < 1.29 is 52.2 Å². The standard InChI is InChI=1S/C60H111O11P/c1-4-7-10-13-16-19-22-25-28-31-34-37-40-43-46-49-58(62)67-52-56(61)53-69-72(65,66)70-55-57(71-60(64)51-48-45-42-39-36-33-30-27-24-21-18-15-12-9-6-3)54-68-59(63)50-47-44-41-38-35-32-29-26-23-20-17-14-11-8-5-2/h25-30,56-57,61H,4-24,31-55H2,1-3H3,(H,65,66)/p-1/b28-25-,29-26-,30-27-/t56-,57+/m0/s1. The van der Waals surface area contributed by atoms with E-state index < -0.39 is 57.8 Å². The van der Waals surface area contributed by atoms with Gasteiger partial charge < -0.3 is 33.3 Å². The smallest absolute Gasteiger partial charge is 0.306 e. The first-order valence-corrected chi connectivity index (χ1v) is 31.3. The number of hydrogen-bond acceptors (Lipinski definition) is 11. The van der Waals surface area contributed by atoms with Crippen molar-refractivity contribution >= 4 is 25.7 Å². The van der Waals surface area contributed by atoms with E-state index in [0.717, 1.165) is 116 Å². The van der Waals surface area contributed by atoms with Gasteiger partial charge in [-0.2, -0.15) is 0 Å². The van der Waals surface area contributed by atoms with Gasteiger partial charge in [0.25, 0.3) is 7.82 Å². The molecule has 0 aliphatic heterocycles. The molecule has 0 aromatic carbocycles. The first-order chi connectivity index (χ1) is 35.1. The summed E-state index contributed by atoms with van der Waals surface area (Å²) >= 11 is 0. The summed E-state index contributed by atoms with van der Waals surface area (Å²) < 4.78 is 38.7. The molecule has 0 rings (SSSR count). The Hall–Kier alpha value is -2.30. The number of carbonyl (C=O) groups excluding carboxylic acids is 3. The molecule has 0 aliphatic carbocycles. The molecule has 1 N–H and O–H groups in total. The molecule has 0 saturated heterocycles. The van der Waals surface area contributed by atoms with Gasteiger partial charge in [0.2, 0.25) is 0 Å². The maximum Gasteiger partial charge on any atom is 0.306 e. The van der Waals surface area contributed by atoms with E-state index in [0.29, 0.717) is 19.3 Å². The third-order valence-electron chi connectivity index (χ3n) is 12.9. The number of rotatable bonds is 56. The van der Waals surface area contributed by atoms with Crippen molar-refractivity contribution in [3.8, 4) is 0 Å². The molecule has 0 aromatic rings. The van der Waals surface area contributed by atoms with Gasteiger partial charge in [0, 0.05) is 19.3 Å². The number of unbranched alkanes of at least 4 members (excludes halogenated alkanes) is 33. The zero-order valence-corrected chi connectivity index (χ0v) is 47.5.